The average molecular weight is 300 g/mol. The molecule has 2 aromatic rings. The standard InChI is InChI=1S/C16H20N4O2/c1-10(2)16(22)18-13-6-4-5-12(8-13)17-15(21)9-14-7-11(3)19-20-14/h4-8,10H,9H2,1-3H3,(H,17,21)(H,18,22)(H,19,20). The summed E-state index contributed by atoms with van der Waals surface area (Å²) in [5, 5.41) is 12.4. The molecule has 0 aliphatic heterocycles. The molecule has 0 aliphatic rings. The molecule has 0 bridgehead atoms. The van der Waals surface area contributed by atoms with Crippen LogP contribution in [0.1, 0.15) is 25.2 Å². The van der Waals surface area contributed by atoms with E-state index in [4.69, 9.17) is 0 Å². The molecule has 2 rings (SSSR count). The maximum Gasteiger partial charge on any atom is 0.230 e. The minimum absolute atomic E-state index is 0.0597. The first-order valence-corrected chi connectivity index (χ1v) is 7.15. The summed E-state index contributed by atoms with van der Waals surface area (Å²) < 4.78 is 0. The molecule has 0 aliphatic carbocycles. The van der Waals surface area contributed by atoms with Crippen LogP contribution in [0.25, 0.3) is 0 Å². The van der Waals surface area contributed by atoms with Crippen LogP contribution in [0, 0.1) is 12.8 Å². The fourth-order valence-electron chi connectivity index (χ4n) is 1.90. The molecule has 6 heteroatoms. The van der Waals surface area contributed by atoms with E-state index >= 15 is 0 Å². The molecule has 3 N–H and O–H groups in total. The second-order valence-electron chi connectivity index (χ2n) is 5.49. The van der Waals surface area contributed by atoms with Crippen LogP contribution in [0.3, 0.4) is 0 Å². The zero-order chi connectivity index (χ0) is 16.1. The normalized spacial score (nSPS) is 10.5. The quantitative estimate of drug-likeness (QED) is 0.793. The van der Waals surface area contributed by atoms with Gasteiger partial charge in [-0.2, -0.15) is 5.10 Å². The Kier molecular flexibility index (Phi) is 4.93. The number of carbonyl (C=O) groups is 2. The fraction of sp³-hybridized carbons (Fsp3) is 0.312. The maximum atomic E-state index is 12.0. The van der Waals surface area contributed by atoms with Gasteiger partial charge in [0, 0.05) is 23.0 Å². The lowest BCUT2D eigenvalue weighted by Crippen LogP contribution is -2.18. The first-order chi connectivity index (χ1) is 10.4. The lowest BCUT2D eigenvalue weighted by molar-refractivity contribution is -0.119. The molecule has 0 fully saturated rings. The molecule has 0 spiro atoms. The second-order valence-corrected chi connectivity index (χ2v) is 5.49. The Morgan fingerprint density at radius 1 is 1.18 bits per heavy atom. The highest BCUT2D eigenvalue weighted by Gasteiger charge is 2.09. The highest BCUT2D eigenvalue weighted by molar-refractivity contribution is 5.95. The summed E-state index contributed by atoms with van der Waals surface area (Å²) >= 11 is 0. The van der Waals surface area contributed by atoms with Gasteiger partial charge in [-0.25, -0.2) is 0 Å². The van der Waals surface area contributed by atoms with E-state index in [1.165, 1.54) is 0 Å². The number of nitrogens with one attached hydrogen (secondary N) is 3. The van der Waals surface area contributed by atoms with E-state index in [-0.39, 0.29) is 24.2 Å². The van der Waals surface area contributed by atoms with Crippen molar-refractivity contribution in [2.24, 2.45) is 5.92 Å². The number of aromatic nitrogens is 2. The van der Waals surface area contributed by atoms with Crippen molar-refractivity contribution in [3.05, 3.63) is 41.7 Å². The molecule has 116 valence electrons. The van der Waals surface area contributed by atoms with Crippen molar-refractivity contribution in [2.45, 2.75) is 27.2 Å². The number of nitrogens with zero attached hydrogens (tertiary/aromatic N) is 1. The van der Waals surface area contributed by atoms with Crippen molar-refractivity contribution >= 4 is 23.2 Å². The summed E-state index contributed by atoms with van der Waals surface area (Å²) in [7, 11) is 0. The van der Waals surface area contributed by atoms with E-state index in [2.05, 4.69) is 20.8 Å². The van der Waals surface area contributed by atoms with Crippen LogP contribution in [-0.2, 0) is 16.0 Å². The minimum Gasteiger partial charge on any atom is -0.326 e. The number of benzene rings is 1. The van der Waals surface area contributed by atoms with Crippen LogP contribution in [0.5, 0.6) is 0 Å². The average Bonchev–Trinajstić information content (AvgIpc) is 2.84. The number of anilines is 2. The Morgan fingerprint density at radius 2 is 1.86 bits per heavy atom. The number of H-pyrrole nitrogens is 1. The predicted molar refractivity (Wildman–Crippen MR) is 85.6 cm³/mol. The van der Waals surface area contributed by atoms with Crippen LogP contribution >= 0.6 is 0 Å². The third-order valence-corrected chi connectivity index (χ3v) is 3.04. The summed E-state index contributed by atoms with van der Waals surface area (Å²) in [6, 6.07) is 8.91. The van der Waals surface area contributed by atoms with Gasteiger partial charge in [-0.05, 0) is 31.2 Å². The topological polar surface area (TPSA) is 86.9 Å². The molecule has 0 unspecified atom stereocenters. The smallest absolute Gasteiger partial charge is 0.230 e. The monoisotopic (exact) mass is 300 g/mol. The van der Waals surface area contributed by atoms with Gasteiger partial charge in [0.2, 0.25) is 11.8 Å². The van der Waals surface area contributed by atoms with Crippen molar-refractivity contribution in [1.82, 2.24) is 10.2 Å². The Bertz CT molecular complexity index is 676. The van der Waals surface area contributed by atoms with Crippen molar-refractivity contribution < 1.29 is 9.59 Å². The summed E-state index contributed by atoms with van der Waals surface area (Å²) in [6.45, 7) is 5.54. The molecule has 0 radical (unpaired) electrons. The van der Waals surface area contributed by atoms with E-state index in [1.54, 1.807) is 24.3 Å². The van der Waals surface area contributed by atoms with Crippen LogP contribution in [0.15, 0.2) is 30.3 Å². The van der Waals surface area contributed by atoms with Crippen LogP contribution in [0.2, 0.25) is 0 Å². The summed E-state index contributed by atoms with van der Waals surface area (Å²) in [6.07, 6.45) is 0.201. The van der Waals surface area contributed by atoms with Gasteiger partial charge in [0.05, 0.1) is 12.1 Å². The van der Waals surface area contributed by atoms with Crippen molar-refractivity contribution in [3.8, 4) is 0 Å². The molecule has 1 heterocycles. The lowest BCUT2D eigenvalue weighted by atomic mass is 10.2. The lowest BCUT2D eigenvalue weighted by Gasteiger charge is -2.10. The van der Waals surface area contributed by atoms with E-state index < -0.39 is 0 Å². The predicted octanol–water partition coefficient (Wildman–Crippen LogP) is 2.49. The van der Waals surface area contributed by atoms with Gasteiger partial charge in [0.1, 0.15) is 0 Å². The van der Waals surface area contributed by atoms with Gasteiger partial charge in [0.25, 0.3) is 0 Å². The number of carbonyl (C=O) groups excluding carboxylic acids is 2. The largest absolute Gasteiger partial charge is 0.326 e. The molecule has 22 heavy (non-hydrogen) atoms. The zero-order valence-corrected chi connectivity index (χ0v) is 12.9. The van der Waals surface area contributed by atoms with Gasteiger partial charge in [0.15, 0.2) is 0 Å². The Hall–Kier alpha value is -2.63. The number of hydrogen-bond donors (Lipinski definition) is 3. The van der Waals surface area contributed by atoms with Crippen molar-refractivity contribution in [1.29, 1.82) is 0 Å². The van der Waals surface area contributed by atoms with E-state index in [9.17, 15) is 9.59 Å². The Balaban J connectivity index is 1.97. The molecule has 1 aromatic carbocycles. The molecule has 1 aromatic heterocycles. The molecule has 0 saturated heterocycles. The van der Waals surface area contributed by atoms with Gasteiger partial charge in [-0.15, -0.1) is 0 Å². The van der Waals surface area contributed by atoms with Gasteiger partial charge < -0.3 is 10.6 Å². The minimum atomic E-state index is -0.154. The van der Waals surface area contributed by atoms with Crippen LogP contribution in [0.4, 0.5) is 11.4 Å². The molecular formula is C16H20N4O2. The van der Waals surface area contributed by atoms with Gasteiger partial charge in [-0.3, -0.25) is 14.7 Å². The van der Waals surface area contributed by atoms with Gasteiger partial charge >= 0.3 is 0 Å². The molecule has 6 nitrogen and oxygen atoms in total. The highest BCUT2D eigenvalue weighted by atomic mass is 16.2. The fourth-order valence-corrected chi connectivity index (χ4v) is 1.90. The number of rotatable bonds is 5. The van der Waals surface area contributed by atoms with Crippen molar-refractivity contribution in [2.75, 3.05) is 10.6 Å². The van der Waals surface area contributed by atoms with Crippen molar-refractivity contribution in [3.63, 3.8) is 0 Å². The van der Waals surface area contributed by atoms with Gasteiger partial charge in [-0.1, -0.05) is 19.9 Å². The Labute approximate surface area is 129 Å². The molecule has 0 atom stereocenters. The third-order valence-electron chi connectivity index (χ3n) is 3.04. The second kappa shape index (κ2) is 6.89. The summed E-state index contributed by atoms with van der Waals surface area (Å²) in [4.78, 5) is 23.7. The number of aryl methyl sites for hydroxylation is 1. The first kappa shape index (κ1) is 15.8. The van der Waals surface area contributed by atoms with E-state index in [1.807, 2.05) is 26.8 Å². The highest BCUT2D eigenvalue weighted by Crippen LogP contribution is 2.16. The summed E-state index contributed by atoms with van der Waals surface area (Å²) in [5.74, 6) is -0.310. The third kappa shape index (κ3) is 4.44. The molecule has 2 amide bonds. The first-order valence-electron chi connectivity index (χ1n) is 7.15. The molecule has 0 saturated carbocycles. The maximum absolute atomic E-state index is 12.0. The Morgan fingerprint density at radius 3 is 2.45 bits per heavy atom. The zero-order valence-electron chi connectivity index (χ0n) is 12.9. The van der Waals surface area contributed by atoms with Crippen LogP contribution in [-0.4, -0.2) is 22.0 Å². The van der Waals surface area contributed by atoms with E-state index in [0.29, 0.717) is 17.1 Å². The number of hydrogen-bond acceptors (Lipinski definition) is 3. The SMILES string of the molecule is Cc1cc(CC(=O)Nc2cccc(NC(=O)C(C)C)c2)n[nH]1. The number of amides is 2. The molecular weight excluding hydrogens is 280 g/mol. The number of aromatic amines is 1. The van der Waals surface area contributed by atoms with Crippen LogP contribution < -0.4 is 10.6 Å². The summed E-state index contributed by atoms with van der Waals surface area (Å²) in [5.41, 5.74) is 2.91. The van der Waals surface area contributed by atoms with E-state index in [0.717, 1.165) is 5.69 Å².